The van der Waals surface area contributed by atoms with Crippen molar-refractivity contribution in [1.82, 2.24) is 0 Å². The van der Waals surface area contributed by atoms with E-state index >= 15 is 0 Å². The summed E-state index contributed by atoms with van der Waals surface area (Å²) < 4.78 is 14.1. The second kappa shape index (κ2) is 5.40. The Labute approximate surface area is 97.8 Å². The molecule has 0 aliphatic rings. The first-order valence-corrected chi connectivity index (χ1v) is 5.76. The van der Waals surface area contributed by atoms with Crippen LogP contribution in [0.1, 0.15) is 25.8 Å². The monoisotopic (exact) mass is 272 g/mol. The van der Waals surface area contributed by atoms with Gasteiger partial charge in [-0.05, 0) is 30.2 Å². The summed E-state index contributed by atoms with van der Waals surface area (Å²) in [4.78, 5) is 11.4. The van der Waals surface area contributed by atoms with Crippen LogP contribution in [0.15, 0.2) is 22.7 Å². The van der Waals surface area contributed by atoms with Crippen LogP contribution in [0, 0.1) is 11.7 Å². The number of rotatable bonds is 4. The van der Waals surface area contributed by atoms with E-state index in [-0.39, 0.29) is 17.5 Å². The first kappa shape index (κ1) is 12.4. The minimum absolute atomic E-state index is 0.0280. The summed E-state index contributed by atoms with van der Waals surface area (Å²) >= 11 is 3.28. The lowest BCUT2D eigenvalue weighted by Gasteiger charge is -2.05. The number of ketones is 1. The van der Waals surface area contributed by atoms with E-state index in [4.69, 9.17) is 0 Å². The summed E-state index contributed by atoms with van der Waals surface area (Å²) in [5, 5.41) is 0. The molecule has 0 heterocycles. The van der Waals surface area contributed by atoms with Gasteiger partial charge in [0.25, 0.3) is 0 Å². The third-order valence-corrected chi connectivity index (χ3v) is 2.79. The lowest BCUT2D eigenvalue weighted by atomic mass is 10.0. The van der Waals surface area contributed by atoms with Gasteiger partial charge in [0.15, 0.2) is 0 Å². The van der Waals surface area contributed by atoms with E-state index in [1.807, 2.05) is 13.8 Å². The van der Waals surface area contributed by atoms with Gasteiger partial charge in [-0.15, -0.1) is 0 Å². The maximum Gasteiger partial charge on any atom is 0.135 e. The van der Waals surface area contributed by atoms with Crippen molar-refractivity contribution in [2.24, 2.45) is 5.92 Å². The van der Waals surface area contributed by atoms with Crippen molar-refractivity contribution < 1.29 is 9.18 Å². The molecule has 1 aromatic rings. The van der Waals surface area contributed by atoms with Gasteiger partial charge in [0.2, 0.25) is 0 Å². The Morgan fingerprint density at radius 2 is 2.13 bits per heavy atom. The molecule has 0 unspecified atom stereocenters. The number of Topliss-reactive ketones (excluding diaryl/α,β-unsaturated/α-hetero) is 1. The molecular formula is C12H14BrFO. The zero-order chi connectivity index (χ0) is 11.4. The van der Waals surface area contributed by atoms with Gasteiger partial charge in [-0.25, -0.2) is 4.39 Å². The highest BCUT2D eigenvalue weighted by Gasteiger charge is 2.09. The largest absolute Gasteiger partial charge is 0.299 e. The number of aryl methyl sites for hydroxylation is 1. The number of carbonyl (C=O) groups is 1. The molecule has 3 heteroatoms. The standard InChI is InChI=1S/C12H14BrFO/c1-8(2)12(15)6-3-9-7-10(13)4-5-11(9)14/h4-5,7-8H,3,6H2,1-2H3. The first-order chi connectivity index (χ1) is 7.00. The Hall–Kier alpha value is -0.700. The summed E-state index contributed by atoms with van der Waals surface area (Å²) in [5.41, 5.74) is 0.596. The lowest BCUT2D eigenvalue weighted by molar-refractivity contribution is -0.121. The molecular weight excluding hydrogens is 259 g/mol. The highest BCUT2D eigenvalue weighted by atomic mass is 79.9. The smallest absolute Gasteiger partial charge is 0.135 e. The van der Waals surface area contributed by atoms with Crippen LogP contribution in [-0.4, -0.2) is 5.78 Å². The van der Waals surface area contributed by atoms with Crippen molar-refractivity contribution in [3.63, 3.8) is 0 Å². The molecule has 0 radical (unpaired) electrons. The first-order valence-electron chi connectivity index (χ1n) is 4.97. The van der Waals surface area contributed by atoms with Gasteiger partial charge in [-0.2, -0.15) is 0 Å². The Morgan fingerprint density at radius 1 is 1.47 bits per heavy atom. The normalized spacial score (nSPS) is 10.7. The SMILES string of the molecule is CC(C)C(=O)CCc1cc(Br)ccc1F. The predicted molar refractivity (Wildman–Crippen MR) is 62.3 cm³/mol. The maximum atomic E-state index is 13.3. The molecule has 0 bridgehead atoms. The van der Waals surface area contributed by atoms with Crippen LogP contribution in [0.25, 0.3) is 0 Å². The summed E-state index contributed by atoms with van der Waals surface area (Å²) in [6, 6.07) is 4.80. The molecule has 0 spiro atoms. The van der Waals surface area contributed by atoms with Gasteiger partial charge in [-0.1, -0.05) is 29.8 Å². The predicted octanol–water partition coefficient (Wildman–Crippen LogP) is 3.75. The van der Waals surface area contributed by atoms with Gasteiger partial charge < -0.3 is 0 Å². The van der Waals surface area contributed by atoms with E-state index in [1.165, 1.54) is 6.07 Å². The van der Waals surface area contributed by atoms with Crippen LogP contribution >= 0.6 is 15.9 Å². The highest BCUT2D eigenvalue weighted by Crippen LogP contribution is 2.17. The van der Waals surface area contributed by atoms with Crippen LogP contribution in [0.3, 0.4) is 0 Å². The second-order valence-electron chi connectivity index (χ2n) is 3.86. The zero-order valence-corrected chi connectivity index (χ0v) is 10.5. The molecule has 0 aromatic heterocycles. The molecule has 0 saturated heterocycles. The van der Waals surface area contributed by atoms with Crippen molar-refractivity contribution in [3.05, 3.63) is 34.1 Å². The van der Waals surface area contributed by atoms with Crippen molar-refractivity contribution >= 4 is 21.7 Å². The van der Waals surface area contributed by atoms with Crippen molar-refractivity contribution in [2.45, 2.75) is 26.7 Å². The fourth-order valence-electron chi connectivity index (χ4n) is 1.28. The van der Waals surface area contributed by atoms with Gasteiger partial charge in [0.1, 0.15) is 11.6 Å². The Kier molecular flexibility index (Phi) is 4.45. The Balaban J connectivity index is 2.65. The third kappa shape index (κ3) is 3.74. The van der Waals surface area contributed by atoms with E-state index in [0.717, 1.165) is 4.47 Å². The fraction of sp³-hybridized carbons (Fsp3) is 0.417. The van der Waals surface area contributed by atoms with E-state index in [9.17, 15) is 9.18 Å². The van der Waals surface area contributed by atoms with E-state index in [2.05, 4.69) is 15.9 Å². The van der Waals surface area contributed by atoms with Crippen LogP contribution < -0.4 is 0 Å². The van der Waals surface area contributed by atoms with E-state index < -0.39 is 0 Å². The molecule has 1 nitrogen and oxygen atoms in total. The third-order valence-electron chi connectivity index (χ3n) is 2.29. The number of benzene rings is 1. The zero-order valence-electron chi connectivity index (χ0n) is 8.89. The number of carbonyl (C=O) groups excluding carboxylic acids is 1. The van der Waals surface area contributed by atoms with Crippen LogP contribution in [0.5, 0.6) is 0 Å². The van der Waals surface area contributed by atoms with Crippen LogP contribution in [0.2, 0.25) is 0 Å². The van der Waals surface area contributed by atoms with Crippen molar-refractivity contribution in [3.8, 4) is 0 Å². The summed E-state index contributed by atoms with van der Waals surface area (Å²) in [5.74, 6) is -0.0376. The average molecular weight is 273 g/mol. The Morgan fingerprint density at radius 3 is 2.73 bits per heavy atom. The molecule has 0 N–H and O–H groups in total. The topological polar surface area (TPSA) is 17.1 Å². The summed E-state index contributed by atoms with van der Waals surface area (Å²) in [6.07, 6.45) is 0.882. The second-order valence-corrected chi connectivity index (χ2v) is 4.77. The average Bonchev–Trinajstić information content (AvgIpc) is 2.18. The van der Waals surface area contributed by atoms with Crippen LogP contribution in [0.4, 0.5) is 4.39 Å². The van der Waals surface area contributed by atoms with Crippen molar-refractivity contribution in [1.29, 1.82) is 0 Å². The van der Waals surface area contributed by atoms with Gasteiger partial charge in [0.05, 0.1) is 0 Å². The van der Waals surface area contributed by atoms with Crippen LogP contribution in [-0.2, 0) is 11.2 Å². The lowest BCUT2D eigenvalue weighted by Crippen LogP contribution is -2.08. The van der Waals surface area contributed by atoms with E-state index in [0.29, 0.717) is 18.4 Å². The van der Waals surface area contributed by atoms with Gasteiger partial charge in [0, 0.05) is 16.8 Å². The molecule has 0 aliphatic heterocycles. The number of hydrogen-bond donors (Lipinski definition) is 0. The fourth-order valence-corrected chi connectivity index (χ4v) is 1.69. The highest BCUT2D eigenvalue weighted by molar-refractivity contribution is 9.10. The molecule has 15 heavy (non-hydrogen) atoms. The molecule has 1 aromatic carbocycles. The maximum absolute atomic E-state index is 13.3. The molecule has 0 aliphatic carbocycles. The minimum atomic E-state index is -0.241. The molecule has 1 rings (SSSR count). The molecule has 0 amide bonds. The summed E-state index contributed by atoms with van der Waals surface area (Å²) in [7, 11) is 0. The molecule has 0 atom stereocenters. The molecule has 0 fully saturated rings. The van der Waals surface area contributed by atoms with E-state index in [1.54, 1.807) is 12.1 Å². The minimum Gasteiger partial charge on any atom is -0.299 e. The summed E-state index contributed by atoms with van der Waals surface area (Å²) in [6.45, 7) is 3.72. The molecule has 82 valence electrons. The van der Waals surface area contributed by atoms with Crippen molar-refractivity contribution in [2.75, 3.05) is 0 Å². The van der Waals surface area contributed by atoms with Gasteiger partial charge in [-0.3, -0.25) is 4.79 Å². The quantitative estimate of drug-likeness (QED) is 0.816. The Bertz CT molecular complexity index is 361. The number of hydrogen-bond acceptors (Lipinski definition) is 1. The number of halogens is 2. The van der Waals surface area contributed by atoms with Gasteiger partial charge >= 0.3 is 0 Å². The molecule has 0 saturated carbocycles.